The van der Waals surface area contributed by atoms with Crippen LogP contribution in [0.2, 0.25) is 5.02 Å². The van der Waals surface area contributed by atoms with E-state index in [1.165, 1.54) is 12.1 Å². The number of piperazine rings is 1. The number of aryl methyl sites for hydroxylation is 1. The summed E-state index contributed by atoms with van der Waals surface area (Å²) < 4.78 is 18.8. The monoisotopic (exact) mass is 376 g/mol. The number of anilines is 1. The average Bonchev–Trinajstić information content (AvgIpc) is 2.65. The molecule has 6 heteroatoms. The molecule has 0 N–H and O–H groups in total. The van der Waals surface area contributed by atoms with Gasteiger partial charge in [0.25, 0.3) is 5.91 Å². The van der Waals surface area contributed by atoms with Crippen LogP contribution in [0.15, 0.2) is 42.5 Å². The number of carbonyl (C=O) groups excluding carboxylic acids is 1. The van der Waals surface area contributed by atoms with Crippen LogP contribution in [0, 0.1) is 12.7 Å². The summed E-state index contributed by atoms with van der Waals surface area (Å²) in [5.74, 6) is 0.361. The van der Waals surface area contributed by atoms with E-state index in [0.29, 0.717) is 37.0 Å². The third kappa shape index (κ3) is 4.28. The molecule has 1 aliphatic rings. The summed E-state index contributed by atoms with van der Waals surface area (Å²) in [6.45, 7) is 6.32. The number of amides is 1. The molecular formula is C20H22ClFN2O2. The van der Waals surface area contributed by atoms with Crippen LogP contribution < -0.4 is 9.64 Å². The summed E-state index contributed by atoms with van der Waals surface area (Å²) in [7, 11) is 0. The summed E-state index contributed by atoms with van der Waals surface area (Å²) in [6.07, 6.45) is -0.562. The number of benzene rings is 2. The fraction of sp³-hybridized carbons (Fsp3) is 0.350. The van der Waals surface area contributed by atoms with Crippen molar-refractivity contribution in [3.05, 3.63) is 58.9 Å². The molecule has 3 rings (SSSR count). The molecule has 2 aromatic carbocycles. The second-order valence-corrected chi connectivity index (χ2v) is 6.87. The summed E-state index contributed by atoms with van der Waals surface area (Å²) in [5.41, 5.74) is 1.89. The van der Waals surface area contributed by atoms with Gasteiger partial charge in [0.15, 0.2) is 6.10 Å². The van der Waals surface area contributed by atoms with Gasteiger partial charge in [-0.3, -0.25) is 4.79 Å². The Bertz CT molecular complexity index is 774. The lowest BCUT2D eigenvalue weighted by atomic mass is 10.2. The second kappa shape index (κ2) is 7.96. The van der Waals surface area contributed by atoms with E-state index in [-0.39, 0.29) is 11.7 Å². The van der Waals surface area contributed by atoms with Crippen LogP contribution in [-0.2, 0) is 4.79 Å². The molecule has 0 aliphatic carbocycles. The number of nitrogens with zero attached hydrogens (tertiary/aromatic N) is 2. The van der Waals surface area contributed by atoms with E-state index in [9.17, 15) is 9.18 Å². The molecule has 0 bridgehead atoms. The number of ether oxygens (including phenoxy) is 1. The molecule has 4 nitrogen and oxygen atoms in total. The minimum absolute atomic E-state index is 0.0311. The van der Waals surface area contributed by atoms with Crippen LogP contribution >= 0.6 is 11.6 Å². The highest BCUT2D eigenvalue weighted by atomic mass is 35.5. The Kier molecular flexibility index (Phi) is 5.67. The third-order valence-electron chi connectivity index (χ3n) is 4.57. The van der Waals surface area contributed by atoms with E-state index >= 15 is 0 Å². The maximum absolute atomic E-state index is 13.0. The molecule has 1 aliphatic heterocycles. The molecule has 1 amide bonds. The zero-order valence-electron chi connectivity index (χ0n) is 14.9. The normalized spacial score (nSPS) is 15.7. The van der Waals surface area contributed by atoms with Gasteiger partial charge in [0, 0.05) is 36.9 Å². The van der Waals surface area contributed by atoms with Crippen molar-refractivity contribution in [1.29, 1.82) is 0 Å². The fourth-order valence-electron chi connectivity index (χ4n) is 3.04. The molecule has 138 valence electrons. The standard InChI is InChI=1S/C20H22ClFN2O2/c1-14-13-18(7-8-19(14)21)26-15(2)20(25)24-11-9-23(10-12-24)17-5-3-16(22)4-6-17/h3-8,13,15H,9-12H2,1-2H3. The van der Waals surface area contributed by atoms with Gasteiger partial charge in [-0.25, -0.2) is 4.39 Å². The smallest absolute Gasteiger partial charge is 0.263 e. The predicted molar refractivity (Wildman–Crippen MR) is 101 cm³/mol. The molecule has 1 atom stereocenters. The molecule has 0 radical (unpaired) electrons. The van der Waals surface area contributed by atoms with E-state index in [1.807, 2.05) is 17.9 Å². The quantitative estimate of drug-likeness (QED) is 0.811. The summed E-state index contributed by atoms with van der Waals surface area (Å²) in [6, 6.07) is 11.8. The Morgan fingerprint density at radius 1 is 1.12 bits per heavy atom. The van der Waals surface area contributed by atoms with Crippen molar-refractivity contribution in [2.45, 2.75) is 20.0 Å². The molecule has 0 spiro atoms. The first-order chi connectivity index (χ1) is 12.4. The SMILES string of the molecule is Cc1cc(OC(C)C(=O)N2CCN(c3ccc(F)cc3)CC2)ccc1Cl. The van der Waals surface area contributed by atoms with Gasteiger partial charge in [0.1, 0.15) is 11.6 Å². The first-order valence-electron chi connectivity index (χ1n) is 8.66. The van der Waals surface area contributed by atoms with Gasteiger partial charge in [-0.2, -0.15) is 0 Å². The van der Waals surface area contributed by atoms with Crippen molar-refractivity contribution in [3.8, 4) is 5.75 Å². The second-order valence-electron chi connectivity index (χ2n) is 6.46. The maximum atomic E-state index is 13.0. The largest absolute Gasteiger partial charge is 0.481 e. The van der Waals surface area contributed by atoms with Crippen molar-refractivity contribution >= 4 is 23.2 Å². The topological polar surface area (TPSA) is 32.8 Å². The van der Waals surface area contributed by atoms with E-state index in [1.54, 1.807) is 31.2 Å². The lowest BCUT2D eigenvalue weighted by Crippen LogP contribution is -2.52. The van der Waals surface area contributed by atoms with E-state index in [0.717, 1.165) is 11.3 Å². The Morgan fingerprint density at radius 2 is 1.77 bits per heavy atom. The minimum atomic E-state index is -0.562. The minimum Gasteiger partial charge on any atom is -0.481 e. The first-order valence-corrected chi connectivity index (χ1v) is 9.04. The maximum Gasteiger partial charge on any atom is 0.263 e. The molecule has 1 heterocycles. The number of rotatable bonds is 4. The van der Waals surface area contributed by atoms with E-state index < -0.39 is 6.10 Å². The van der Waals surface area contributed by atoms with E-state index in [4.69, 9.17) is 16.3 Å². The molecule has 0 aromatic heterocycles. The fourth-order valence-corrected chi connectivity index (χ4v) is 3.16. The van der Waals surface area contributed by atoms with Crippen LogP contribution in [-0.4, -0.2) is 43.1 Å². The highest BCUT2D eigenvalue weighted by Crippen LogP contribution is 2.23. The lowest BCUT2D eigenvalue weighted by molar-refractivity contribution is -0.138. The van der Waals surface area contributed by atoms with Crippen molar-refractivity contribution in [1.82, 2.24) is 4.90 Å². The number of hydrogen-bond acceptors (Lipinski definition) is 3. The van der Waals surface area contributed by atoms with Gasteiger partial charge >= 0.3 is 0 Å². The van der Waals surface area contributed by atoms with Crippen LogP contribution in [0.25, 0.3) is 0 Å². The first kappa shape index (κ1) is 18.5. The lowest BCUT2D eigenvalue weighted by Gasteiger charge is -2.37. The number of halogens is 2. The Morgan fingerprint density at radius 3 is 2.38 bits per heavy atom. The van der Waals surface area contributed by atoms with Crippen LogP contribution in [0.5, 0.6) is 5.75 Å². The highest BCUT2D eigenvalue weighted by Gasteiger charge is 2.26. The molecule has 1 unspecified atom stereocenters. The molecule has 1 fully saturated rings. The van der Waals surface area contributed by atoms with Gasteiger partial charge in [0.2, 0.25) is 0 Å². The number of hydrogen-bond donors (Lipinski definition) is 0. The number of carbonyl (C=O) groups is 1. The summed E-state index contributed by atoms with van der Waals surface area (Å²) >= 11 is 6.02. The van der Waals surface area contributed by atoms with Crippen LogP contribution in [0.3, 0.4) is 0 Å². The van der Waals surface area contributed by atoms with Gasteiger partial charge in [-0.1, -0.05) is 11.6 Å². The van der Waals surface area contributed by atoms with Crippen molar-refractivity contribution in [2.75, 3.05) is 31.1 Å². The van der Waals surface area contributed by atoms with Gasteiger partial charge < -0.3 is 14.5 Å². The third-order valence-corrected chi connectivity index (χ3v) is 5.00. The average molecular weight is 377 g/mol. The molecule has 0 saturated carbocycles. The highest BCUT2D eigenvalue weighted by molar-refractivity contribution is 6.31. The molecule has 1 saturated heterocycles. The Balaban J connectivity index is 1.55. The van der Waals surface area contributed by atoms with Gasteiger partial charge in [-0.05, 0) is 61.9 Å². The summed E-state index contributed by atoms with van der Waals surface area (Å²) in [5, 5.41) is 0.674. The van der Waals surface area contributed by atoms with Gasteiger partial charge in [0.05, 0.1) is 0 Å². The van der Waals surface area contributed by atoms with Gasteiger partial charge in [-0.15, -0.1) is 0 Å². The zero-order chi connectivity index (χ0) is 18.7. The zero-order valence-corrected chi connectivity index (χ0v) is 15.7. The predicted octanol–water partition coefficient (Wildman–Crippen LogP) is 3.90. The molecular weight excluding hydrogens is 355 g/mol. The van der Waals surface area contributed by atoms with E-state index in [2.05, 4.69) is 4.90 Å². The van der Waals surface area contributed by atoms with Crippen LogP contribution in [0.4, 0.5) is 10.1 Å². The van der Waals surface area contributed by atoms with Crippen molar-refractivity contribution in [2.24, 2.45) is 0 Å². The van der Waals surface area contributed by atoms with Crippen molar-refractivity contribution < 1.29 is 13.9 Å². The Labute approximate surface area is 158 Å². The van der Waals surface area contributed by atoms with Crippen molar-refractivity contribution in [3.63, 3.8) is 0 Å². The Hall–Kier alpha value is -2.27. The molecule has 2 aromatic rings. The van der Waals surface area contributed by atoms with Crippen LogP contribution in [0.1, 0.15) is 12.5 Å². The molecule has 26 heavy (non-hydrogen) atoms. The summed E-state index contributed by atoms with van der Waals surface area (Å²) in [4.78, 5) is 16.6.